The van der Waals surface area contributed by atoms with Crippen molar-refractivity contribution in [3.8, 4) is 0 Å². The van der Waals surface area contributed by atoms with Crippen LogP contribution in [0, 0.1) is 13.8 Å². The van der Waals surface area contributed by atoms with Crippen LogP contribution in [-0.4, -0.2) is 42.7 Å². The summed E-state index contributed by atoms with van der Waals surface area (Å²) in [7, 11) is 0. The first-order valence-electron chi connectivity index (χ1n) is 6.35. The summed E-state index contributed by atoms with van der Waals surface area (Å²) in [5.74, 6) is 0.794. The Morgan fingerprint density at radius 1 is 1.28 bits per heavy atom. The molecule has 4 heteroatoms. The number of thioether (sulfide) groups is 1. The van der Waals surface area contributed by atoms with Crippen LogP contribution >= 0.6 is 11.8 Å². The second-order valence-electron chi connectivity index (χ2n) is 4.67. The second kappa shape index (κ2) is 6.25. The zero-order valence-electron chi connectivity index (χ0n) is 11.0. The van der Waals surface area contributed by atoms with Crippen LogP contribution < -0.4 is 5.32 Å². The average molecular weight is 264 g/mol. The van der Waals surface area contributed by atoms with Gasteiger partial charge in [0.15, 0.2) is 0 Å². The SMILES string of the molecule is Cc1ccc(SCC(=O)N2CCNCC2)cc1C. The predicted molar refractivity (Wildman–Crippen MR) is 76.1 cm³/mol. The van der Waals surface area contributed by atoms with Gasteiger partial charge in [-0.3, -0.25) is 4.79 Å². The smallest absolute Gasteiger partial charge is 0.233 e. The maximum atomic E-state index is 12.0. The number of hydrogen-bond acceptors (Lipinski definition) is 3. The molecule has 1 aliphatic rings. The lowest BCUT2D eigenvalue weighted by Crippen LogP contribution is -2.47. The van der Waals surface area contributed by atoms with E-state index in [1.54, 1.807) is 11.8 Å². The number of carbonyl (C=O) groups is 1. The molecule has 2 rings (SSSR count). The normalized spacial score (nSPS) is 15.8. The van der Waals surface area contributed by atoms with Gasteiger partial charge in [0.05, 0.1) is 5.75 Å². The number of nitrogens with zero attached hydrogens (tertiary/aromatic N) is 1. The molecule has 1 heterocycles. The highest BCUT2D eigenvalue weighted by molar-refractivity contribution is 8.00. The van der Waals surface area contributed by atoms with Crippen molar-refractivity contribution in [2.24, 2.45) is 0 Å². The second-order valence-corrected chi connectivity index (χ2v) is 5.71. The van der Waals surface area contributed by atoms with Crippen LogP contribution in [0.1, 0.15) is 11.1 Å². The molecule has 0 atom stereocenters. The molecule has 0 unspecified atom stereocenters. The zero-order valence-corrected chi connectivity index (χ0v) is 11.8. The van der Waals surface area contributed by atoms with E-state index in [1.165, 1.54) is 16.0 Å². The van der Waals surface area contributed by atoms with Gasteiger partial charge in [-0.05, 0) is 37.1 Å². The van der Waals surface area contributed by atoms with Crippen molar-refractivity contribution in [2.75, 3.05) is 31.9 Å². The van der Waals surface area contributed by atoms with Gasteiger partial charge in [0, 0.05) is 31.1 Å². The van der Waals surface area contributed by atoms with Crippen LogP contribution in [-0.2, 0) is 4.79 Å². The molecule has 1 N–H and O–H groups in total. The quantitative estimate of drug-likeness (QED) is 0.845. The van der Waals surface area contributed by atoms with Crippen LogP contribution in [0.5, 0.6) is 0 Å². The van der Waals surface area contributed by atoms with E-state index in [-0.39, 0.29) is 5.91 Å². The molecular formula is C14H20N2OS. The summed E-state index contributed by atoms with van der Waals surface area (Å²) in [5, 5.41) is 3.26. The first-order valence-corrected chi connectivity index (χ1v) is 7.34. The van der Waals surface area contributed by atoms with Crippen LogP contribution in [0.15, 0.2) is 23.1 Å². The lowest BCUT2D eigenvalue weighted by Gasteiger charge is -2.27. The third-order valence-electron chi connectivity index (χ3n) is 3.31. The molecule has 0 aromatic heterocycles. The molecule has 0 bridgehead atoms. The summed E-state index contributed by atoms with van der Waals surface area (Å²) >= 11 is 1.63. The largest absolute Gasteiger partial charge is 0.339 e. The highest BCUT2D eigenvalue weighted by Crippen LogP contribution is 2.21. The molecule has 1 amide bonds. The molecule has 0 saturated carbocycles. The van der Waals surface area contributed by atoms with E-state index >= 15 is 0 Å². The van der Waals surface area contributed by atoms with Gasteiger partial charge in [-0.25, -0.2) is 0 Å². The van der Waals surface area contributed by atoms with Crippen LogP contribution in [0.4, 0.5) is 0 Å². The van der Waals surface area contributed by atoms with E-state index in [1.807, 2.05) is 4.90 Å². The Kier molecular flexibility index (Phi) is 4.66. The summed E-state index contributed by atoms with van der Waals surface area (Å²) in [5.41, 5.74) is 2.59. The molecule has 1 saturated heterocycles. The number of nitrogens with one attached hydrogen (secondary N) is 1. The fraction of sp³-hybridized carbons (Fsp3) is 0.500. The first-order chi connectivity index (χ1) is 8.66. The van der Waals surface area contributed by atoms with Gasteiger partial charge in [0.25, 0.3) is 0 Å². The Balaban J connectivity index is 1.86. The van der Waals surface area contributed by atoms with Crippen molar-refractivity contribution in [2.45, 2.75) is 18.7 Å². The third-order valence-corrected chi connectivity index (χ3v) is 4.29. The molecule has 3 nitrogen and oxygen atoms in total. The molecule has 98 valence electrons. The Morgan fingerprint density at radius 2 is 2.00 bits per heavy atom. The Bertz CT molecular complexity index is 428. The van der Waals surface area contributed by atoms with Crippen molar-refractivity contribution in [1.82, 2.24) is 10.2 Å². The molecule has 18 heavy (non-hydrogen) atoms. The van der Waals surface area contributed by atoms with Gasteiger partial charge in [-0.1, -0.05) is 6.07 Å². The lowest BCUT2D eigenvalue weighted by atomic mass is 10.1. The van der Waals surface area contributed by atoms with Gasteiger partial charge < -0.3 is 10.2 Å². The van der Waals surface area contributed by atoms with Crippen LogP contribution in [0.3, 0.4) is 0 Å². The standard InChI is InChI=1S/C14H20N2OS/c1-11-3-4-13(9-12(11)2)18-10-14(17)16-7-5-15-6-8-16/h3-4,9,15H,5-8,10H2,1-2H3. The Hall–Kier alpha value is -1.00. The molecular weight excluding hydrogens is 244 g/mol. The Morgan fingerprint density at radius 3 is 2.67 bits per heavy atom. The maximum absolute atomic E-state index is 12.0. The molecule has 0 spiro atoms. The fourth-order valence-electron chi connectivity index (χ4n) is 1.95. The van der Waals surface area contributed by atoms with Crippen molar-refractivity contribution in [1.29, 1.82) is 0 Å². The number of carbonyl (C=O) groups excluding carboxylic acids is 1. The number of aryl methyl sites for hydroxylation is 2. The number of hydrogen-bond donors (Lipinski definition) is 1. The first kappa shape index (κ1) is 13.4. The molecule has 1 aromatic rings. The van der Waals surface area contributed by atoms with Crippen LogP contribution in [0.2, 0.25) is 0 Å². The van der Waals surface area contributed by atoms with Gasteiger partial charge in [-0.2, -0.15) is 0 Å². The van der Waals surface area contributed by atoms with Gasteiger partial charge in [0.1, 0.15) is 0 Å². The minimum absolute atomic E-state index is 0.250. The van der Waals surface area contributed by atoms with Crippen molar-refractivity contribution < 1.29 is 4.79 Å². The molecule has 1 aromatic carbocycles. The van der Waals surface area contributed by atoms with E-state index < -0.39 is 0 Å². The van der Waals surface area contributed by atoms with Gasteiger partial charge >= 0.3 is 0 Å². The van der Waals surface area contributed by atoms with E-state index in [9.17, 15) is 4.79 Å². The van der Waals surface area contributed by atoms with E-state index in [4.69, 9.17) is 0 Å². The summed E-state index contributed by atoms with van der Waals surface area (Å²) in [6.07, 6.45) is 0. The highest BCUT2D eigenvalue weighted by Gasteiger charge is 2.15. The highest BCUT2D eigenvalue weighted by atomic mass is 32.2. The molecule has 1 fully saturated rings. The van der Waals surface area contributed by atoms with E-state index in [0.717, 1.165) is 26.2 Å². The van der Waals surface area contributed by atoms with Crippen LogP contribution in [0.25, 0.3) is 0 Å². The number of benzene rings is 1. The van der Waals surface area contributed by atoms with Crippen molar-refractivity contribution >= 4 is 17.7 Å². The number of amides is 1. The molecule has 0 radical (unpaired) electrons. The minimum atomic E-state index is 0.250. The summed E-state index contributed by atoms with van der Waals surface area (Å²) in [6, 6.07) is 6.37. The predicted octanol–water partition coefficient (Wildman–Crippen LogP) is 1.83. The molecule has 1 aliphatic heterocycles. The van der Waals surface area contributed by atoms with E-state index in [2.05, 4.69) is 37.4 Å². The summed E-state index contributed by atoms with van der Waals surface area (Å²) in [6.45, 7) is 7.73. The monoisotopic (exact) mass is 264 g/mol. The Labute approximate surface area is 113 Å². The summed E-state index contributed by atoms with van der Waals surface area (Å²) < 4.78 is 0. The summed E-state index contributed by atoms with van der Waals surface area (Å²) in [4.78, 5) is 15.1. The number of piperazine rings is 1. The number of rotatable bonds is 3. The van der Waals surface area contributed by atoms with Gasteiger partial charge in [-0.15, -0.1) is 11.8 Å². The molecule has 0 aliphatic carbocycles. The maximum Gasteiger partial charge on any atom is 0.233 e. The average Bonchev–Trinajstić information content (AvgIpc) is 2.41. The lowest BCUT2D eigenvalue weighted by molar-refractivity contribution is -0.128. The van der Waals surface area contributed by atoms with E-state index in [0.29, 0.717) is 5.75 Å². The topological polar surface area (TPSA) is 32.3 Å². The third kappa shape index (κ3) is 3.50. The minimum Gasteiger partial charge on any atom is -0.339 e. The fourth-order valence-corrected chi connectivity index (χ4v) is 2.85. The zero-order chi connectivity index (χ0) is 13.0. The van der Waals surface area contributed by atoms with Crippen molar-refractivity contribution in [3.63, 3.8) is 0 Å². The van der Waals surface area contributed by atoms with Gasteiger partial charge in [0.2, 0.25) is 5.91 Å². The van der Waals surface area contributed by atoms with Crippen molar-refractivity contribution in [3.05, 3.63) is 29.3 Å².